The molecular weight excluding hydrogens is 565 g/mol. The molecule has 1 N–H and O–H groups in total. The zero-order valence-electron chi connectivity index (χ0n) is 27.6. The Kier molecular flexibility index (Phi) is 8.79. The average molecular weight is 614 g/mol. The Morgan fingerprint density at radius 1 is 1.00 bits per heavy atom. The first-order chi connectivity index (χ1) is 21.4. The lowest BCUT2D eigenvalue weighted by molar-refractivity contribution is -0.160. The summed E-state index contributed by atoms with van der Waals surface area (Å²) < 4.78 is 20.7. The molecule has 1 aromatic heterocycles. The predicted octanol–water partition coefficient (Wildman–Crippen LogP) is 8.16. The fourth-order valence-corrected chi connectivity index (χ4v) is 8.02. The molecule has 1 saturated heterocycles. The fraction of sp³-hybridized carbons (Fsp3) is 0.526. The first kappa shape index (κ1) is 31.7. The van der Waals surface area contributed by atoms with E-state index in [0.717, 1.165) is 73.5 Å². The minimum absolute atomic E-state index is 0.156. The lowest BCUT2D eigenvalue weighted by Gasteiger charge is -2.43. The molecule has 2 aliphatic heterocycles. The summed E-state index contributed by atoms with van der Waals surface area (Å²) in [6, 6.07) is 13.7. The number of pyridine rings is 1. The van der Waals surface area contributed by atoms with Crippen molar-refractivity contribution < 1.29 is 19.0 Å². The Balaban J connectivity index is 1.40. The summed E-state index contributed by atoms with van der Waals surface area (Å²) in [6.45, 7) is 13.7. The molecule has 6 rings (SSSR count). The first-order valence-electron chi connectivity index (χ1n) is 16.7. The maximum absolute atomic E-state index is 14.4. The highest BCUT2D eigenvalue weighted by atomic mass is 19.1. The van der Waals surface area contributed by atoms with Crippen LogP contribution in [0, 0.1) is 25.1 Å². The van der Waals surface area contributed by atoms with Crippen LogP contribution in [0.15, 0.2) is 42.5 Å². The number of carbonyl (C=O) groups is 1. The number of rotatable bonds is 7. The van der Waals surface area contributed by atoms with Gasteiger partial charge in [0.15, 0.2) is 6.10 Å². The topological polar surface area (TPSA) is 65.9 Å². The van der Waals surface area contributed by atoms with Gasteiger partial charge in [-0.3, -0.25) is 9.88 Å². The lowest BCUT2D eigenvalue weighted by Crippen LogP contribution is -2.40. The Labute approximate surface area is 267 Å². The third kappa shape index (κ3) is 6.66. The molecule has 3 heterocycles. The summed E-state index contributed by atoms with van der Waals surface area (Å²) in [4.78, 5) is 22.6. The van der Waals surface area contributed by atoms with E-state index in [0.29, 0.717) is 23.2 Å². The van der Waals surface area contributed by atoms with E-state index in [1.54, 1.807) is 6.07 Å². The maximum Gasteiger partial charge on any atom is 0.337 e. The van der Waals surface area contributed by atoms with Crippen LogP contribution in [0.3, 0.4) is 0 Å². The van der Waals surface area contributed by atoms with Gasteiger partial charge < -0.3 is 14.7 Å². The molecular formula is C38H48FN3O3. The van der Waals surface area contributed by atoms with Gasteiger partial charge >= 0.3 is 5.97 Å². The van der Waals surface area contributed by atoms with Crippen LogP contribution in [0.1, 0.15) is 99.0 Å². The molecule has 2 fully saturated rings. The lowest BCUT2D eigenvalue weighted by atomic mass is 9.76. The van der Waals surface area contributed by atoms with Crippen LogP contribution >= 0.6 is 0 Å². The molecule has 0 bridgehead atoms. The molecule has 6 nitrogen and oxygen atoms in total. The van der Waals surface area contributed by atoms with Crippen molar-refractivity contribution in [2.75, 3.05) is 24.5 Å². The van der Waals surface area contributed by atoms with E-state index in [4.69, 9.17) is 9.72 Å². The van der Waals surface area contributed by atoms with Gasteiger partial charge in [0.25, 0.3) is 0 Å². The van der Waals surface area contributed by atoms with Gasteiger partial charge in [-0.1, -0.05) is 49.2 Å². The zero-order chi connectivity index (χ0) is 31.9. The van der Waals surface area contributed by atoms with Gasteiger partial charge in [-0.15, -0.1) is 0 Å². The van der Waals surface area contributed by atoms with Crippen molar-refractivity contribution in [2.45, 2.75) is 104 Å². The van der Waals surface area contributed by atoms with E-state index >= 15 is 0 Å². The fourth-order valence-electron chi connectivity index (χ4n) is 8.02. The number of aliphatic carboxylic acids is 1. The largest absolute Gasteiger partial charge is 0.479 e. The monoisotopic (exact) mass is 613 g/mol. The van der Waals surface area contributed by atoms with Gasteiger partial charge in [-0.05, 0) is 94.9 Å². The summed E-state index contributed by atoms with van der Waals surface area (Å²) in [5.41, 5.74) is 8.40. The third-order valence-electron chi connectivity index (χ3n) is 10.3. The number of ether oxygens (including phenoxy) is 1. The predicted molar refractivity (Wildman–Crippen MR) is 177 cm³/mol. The highest BCUT2D eigenvalue weighted by Gasteiger charge is 2.40. The van der Waals surface area contributed by atoms with Crippen LogP contribution < -0.4 is 4.90 Å². The minimum Gasteiger partial charge on any atom is -0.479 e. The maximum atomic E-state index is 14.4. The Morgan fingerprint density at radius 3 is 2.38 bits per heavy atom. The van der Waals surface area contributed by atoms with E-state index in [1.165, 1.54) is 42.9 Å². The van der Waals surface area contributed by atoms with Crippen LogP contribution in [0.25, 0.3) is 11.1 Å². The number of hydrogen-bond donors (Lipinski definition) is 1. The molecule has 7 heteroatoms. The number of aryl methyl sites for hydroxylation is 2. The normalized spacial score (nSPS) is 19.1. The number of piperidine rings is 1. The number of hydrogen-bond acceptors (Lipinski definition) is 5. The number of carboxylic acid groups (broad SMARTS) is 1. The van der Waals surface area contributed by atoms with Crippen LogP contribution in [-0.2, 0) is 29.0 Å². The summed E-state index contributed by atoms with van der Waals surface area (Å²) >= 11 is 0. The van der Waals surface area contributed by atoms with Crippen LogP contribution in [0.4, 0.5) is 10.1 Å². The molecule has 240 valence electrons. The van der Waals surface area contributed by atoms with Gasteiger partial charge in [0.05, 0.1) is 11.3 Å². The molecule has 0 amide bonds. The van der Waals surface area contributed by atoms with Crippen molar-refractivity contribution in [3.05, 3.63) is 81.9 Å². The molecule has 1 saturated carbocycles. The molecule has 0 radical (unpaired) electrons. The quantitative estimate of drug-likeness (QED) is 0.290. The molecule has 3 aromatic rings. The molecule has 1 aliphatic carbocycles. The second-order valence-electron chi connectivity index (χ2n) is 14.6. The van der Waals surface area contributed by atoms with Crippen LogP contribution in [0.2, 0.25) is 0 Å². The summed E-state index contributed by atoms with van der Waals surface area (Å²) in [5, 5.41) is 10.5. The Hall–Kier alpha value is -3.29. The van der Waals surface area contributed by atoms with Gasteiger partial charge in [-0.2, -0.15) is 0 Å². The van der Waals surface area contributed by atoms with Crippen molar-refractivity contribution in [3.63, 3.8) is 0 Å². The van der Waals surface area contributed by atoms with E-state index in [1.807, 2.05) is 46.8 Å². The number of aromatic nitrogens is 1. The number of anilines is 1. The van der Waals surface area contributed by atoms with E-state index in [-0.39, 0.29) is 5.82 Å². The highest BCUT2D eigenvalue weighted by molar-refractivity contribution is 5.88. The number of carboxylic acids is 1. The van der Waals surface area contributed by atoms with Gasteiger partial charge in [0.1, 0.15) is 5.82 Å². The van der Waals surface area contributed by atoms with Crippen LogP contribution in [-0.4, -0.2) is 46.2 Å². The summed E-state index contributed by atoms with van der Waals surface area (Å²) in [6.07, 6.45) is 7.25. The van der Waals surface area contributed by atoms with Gasteiger partial charge in [0.2, 0.25) is 0 Å². The second kappa shape index (κ2) is 12.5. The highest BCUT2D eigenvalue weighted by Crippen LogP contribution is 2.50. The van der Waals surface area contributed by atoms with E-state index in [9.17, 15) is 14.3 Å². The third-order valence-corrected chi connectivity index (χ3v) is 10.3. The molecule has 1 atom stereocenters. The van der Waals surface area contributed by atoms with Gasteiger partial charge in [-0.25, -0.2) is 9.18 Å². The molecule has 3 aliphatic rings. The molecule has 0 unspecified atom stereocenters. The van der Waals surface area contributed by atoms with E-state index < -0.39 is 17.7 Å². The smallest absolute Gasteiger partial charge is 0.337 e. The van der Waals surface area contributed by atoms with Crippen molar-refractivity contribution in [1.29, 1.82) is 0 Å². The van der Waals surface area contributed by atoms with E-state index in [2.05, 4.69) is 28.0 Å². The zero-order valence-corrected chi connectivity index (χ0v) is 27.6. The number of nitrogens with zero attached hydrogens (tertiary/aromatic N) is 3. The van der Waals surface area contributed by atoms with Crippen molar-refractivity contribution in [1.82, 2.24) is 9.88 Å². The number of benzene rings is 2. The summed E-state index contributed by atoms with van der Waals surface area (Å²) in [7, 11) is 0. The SMILES string of the molecule is Cc1nc(C)c([C@H](OC(C)(C)C)C(=O)O)c(N2CCC3(CCCC3)CC2)c1-c1ccc2c(c1)CCN(Cc1ccccc1F)C2. The molecule has 45 heavy (non-hydrogen) atoms. The first-order valence-corrected chi connectivity index (χ1v) is 16.7. The van der Waals surface area contributed by atoms with Crippen molar-refractivity contribution in [3.8, 4) is 11.1 Å². The molecule has 1 spiro atoms. The number of fused-ring (bicyclic) bond motifs is 1. The Bertz CT molecular complexity index is 1560. The summed E-state index contributed by atoms with van der Waals surface area (Å²) in [5.74, 6) is -1.15. The van der Waals surface area contributed by atoms with Crippen molar-refractivity contribution in [2.24, 2.45) is 5.41 Å². The second-order valence-corrected chi connectivity index (χ2v) is 14.6. The average Bonchev–Trinajstić information content (AvgIpc) is 3.44. The standard InChI is InChI=1S/C38H48FN3O3/c1-25-32(28-12-13-29-23-41(19-14-27(29)22-28)24-30-10-6-7-11-31(30)39)34(42-20-17-38(18-21-42)15-8-9-16-38)33(26(2)40-25)35(36(43)44)45-37(3,4)5/h6-7,10-13,22,35H,8-9,14-21,23-24H2,1-5H3,(H,43,44)/t35-/m0/s1. The van der Waals surface area contributed by atoms with Gasteiger partial charge in [0, 0.05) is 60.8 Å². The molecule has 2 aromatic carbocycles. The Morgan fingerprint density at radius 2 is 1.71 bits per heavy atom. The number of halogens is 1. The minimum atomic E-state index is -1.13. The van der Waals surface area contributed by atoms with Crippen LogP contribution in [0.5, 0.6) is 0 Å². The van der Waals surface area contributed by atoms with Crippen molar-refractivity contribution >= 4 is 11.7 Å².